The SMILES string of the molecule is Oc1ccccc1OCc1ccc2c(c1)OCO2. The van der Waals surface area contributed by atoms with Crippen LogP contribution in [0.1, 0.15) is 5.56 Å². The van der Waals surface area contributed by atoms with Crippen LogP contribution in [0.25, 0.3) is 0 Å². The van der Waals surface area contributed by atoms with Gasteiger partial charge >= 0.3 is 0 Å². The minimum absolute atomic E-state index is 0.137. The third-order valence-electron chi connectivity index (χ3n) is 2.70. The van der Waals surface area contributed by atoms with E-state index < -0.39 is 0 Å². The van der Waals surface area contributed by atoms with Gasteiger partial charge in [-0.2, -0.15) is 0 Å². The van der Waals surface area contributed by atoms with Gasteiger partial charge in [-0.05, 0) is 29.8 Å². The van der Waals surface area contributed by atoms with E-state index in [0.29, 0.717) is 12.4 Å². The van der Waals surface area contributed by atoms with Crippen LogP contribution < -0.4 is 14.2 Å². The number of aromatic hydroxyl groups is 1. The zero-order valence-corrected chi connectivity index (χ0v) is 9.63. The van der Waals surface area contributed by atoms with Crippen LogP contribution in [-0.2, 0) is 6.61 Å². The van der Waals surface area contributed by atoms with E-state index in [2.05, 4.69) is 0 Å². The molecule has 0 spiro atoms. The number of rotatable bonds is 3. The standard InChI is InChI=1S/C14H12O4/c15-11-3-1-2-4-12(11)16-8-10-5-6-13-14(7-10)18-9-17-13/h1-7,15H,8-9H2. The minimum atomic E-state index is 0.137. The van der Waals surface area contributed by atoms with Gasteiger partial charge in [-0.15, -0.1) is 0 Å². The molecule has 92 valence electrons. The maximum atomic E-state index is 9.57. The minimum Gasteiger partial charge on any atom is -0.504 e. The third-order valence-corrected chi connectivity index (χ3v) is 2.70. The van der Waals surface area contributed by atoms with Gasteiger partial charge in [-0.25, -0.2) is 0 Å². The number of ether oxygens (including phenoxy) is 3. The summed E-state index contributed by atoms with van der Waals surface area (Å²) in [6.07, 6.45) is 0. The van der Waals surface area contributed by atoms with Gasteiger partial charge in [0.25, 0.3) is 0 Å². The summed E-state index contributed by atoms with van der Waals surface area (Å²) in [6, 6.07) is 12.5. The first-order valence-electron chi connectivity index (χ1n) is 5.62. The fraction of sp³-hybridized carbons (Fsp3) is 0.143. The van der Waals surface area contributed by atoms with Crippen molar-refractivity contribution in [3.05, 3.63) is 48.0 Å². The Morgan fingerprint density at radius 3 is 2.78 bits per heavy atom. The molecule has 0 saturated carbocycles. The van der Waals surface area contributed by atoms with Crippen LogP contribution in [0.4, 0.5) is 0 Å². The molecule has 0 aliphatic carbocycles. The first kappa shape index (κ1) is 10.8. The van der Waals surface area contributed by atoms with Crippen molar-refractivity contribution in [2.24, 2.45) is 0 Å². The molecule has 2 aromatic carbocycles. The Kier molecular flexibility index (Phi) is 2.68. The fourth-order valence-corrected chi connectivity index (χ4v) is 1.77. The second-order valence-corrected chi connectivity index (χ2v) is 3.94. The van der Waals surface area contributed by atoms with Crippen LogP contribution in [0, 0.1) is 0 Å². The highest BCUT2D eigenvalue weighted by atomic mass is 16.7. The zero-order valence-electron chi connectivity index (χ0n) is 9.63. The summed E-state index contributed by atoms with van der Waals surface area (Å²) < 4.78 is 16.1. The Hall–Kier alpha value is -2.36. The normalized spacial score (nSPS) is 12.4. The molecule has 0 fully saturated rings. The number of hydrogen-bond donors (Lipinski definition) is 1. The van der Waals surface area contributed by atoms with E-state index in [1.165, 1.54) is 0 Å². The molecule has 0 radical (unpaired) electrons. The molecule has 4 nitrogen and oxygen atoms in total. The molecule has 3 rings (SSSR count). The lowest BCUT2D eigenvalue weighted by atomic mass is 10.2. The van der Waals surface area contributed by atoms with E-state index >= 15 is 0 Å². The van der Waals surface area contributed by atoms with Gasteiger partial charge in [0.15, 0.2) is 23.0 Å². The molecular formula is C14H12O4. The van der Waals surface area contributed by atoms with Crippen molar-refractivity contribution in [3.63, 3.8) is 0 Å². The topological polar surface area (TPSA) is 47.9 Å². The lowest BCUT2D eigenvalue weighted by Crippen LogP contribution is -1.95. The highest BCUT2D eigenvalue weighted by Crippen LogP contribution is 2.33. The summed E-state index contributed by atoms with van der Waals surface area (Å²) in [5.74, 6) is 2.09. The van der Waals surface area contributed by atoms with E-state index in [9.17, 15) is 5.11 Å². The molecule has 1 N–H and O–H groups in total. The molecular weight excluding hydrogens is 232 g/mol. The van der Waals surface area contributed by atoms with Gasteiger partial charge in [0.1, 0.15) is 6.61 Å². The summed E-state index contributed by atoms with van der Waals surface area (Å²) in [6.45, 7) is 0.632. The summed E-state index contributed by atoms with van der Waals surface area (Å²) in [7, 11) is 0. The number of para-hydroxylation sites is 2. The molecule has 0 atom stereocenters. The summed E-state index contributed by atoms with van der Waals surface area (Å²) in [4.78, 5) is 0. The van der Waals surface area contributed by atoms with Crippen molar-refractivity contribution in [2.75, 3.05) is 6.79 Å². The Morgan fingerprint density at radius 1 is 1.06 bits per heavy atom. The van der Waals surface area contributed by atoms with E-state index in [-0.39, 0.29) is 12.5 Å². The largest absolute Gasteiger partial charge is 0.504 e. The van der Waals surface area contributed by atoms with Crippen molar-refractivity contribution >= 4 is 0 Å². The van der Waals surface area contributed by atoms with Crippen molar-refractivity contribution in [3.8, 4) is 23.0 Å². The summed E-state index contributed by atoms with van der Waals surface area (Å²) in [5.41, 5.74) is 0.961. The zero-order chi connectivity index (χ0) is 12.4. The molecule has 0 amide bonds. The average Bonchev–Trinajstić information content (AvgIpc) is 2.85. The fourth-order valence-electron chi connectivity index (χ4n) is 1.77. The van der Waals surface area contributed by atoms with Gasteiger partial charge in [0.2, 0.25) is 6.79 Å². The van der Waals surface area contributed by atoms with Crippen molar-refractivity contribution < 1.29 is 19.3 Å². The molecule has 2 aromatic rings. The van der Waals surface area contributed by atoms with Gasteiger partial charge in [-0.1, -0.05) is 18.2 Å². The van der Waals surface area contributed by atoms with Crippen LogP contribution in [0.15, 0.2) is 42.5 Å². The second kappa shape index (κ2) is 4.49. The first-order valence-corrected chi connectivity index (χ1v) is 5.62. The van der Waals surface area contributed by atoms with Gasteiger partial charge in [-0.3, -0.25) is 0 Å². The van der Waals surface area contributed by atoms with Crippen molar-refractivity contribution in [1.82, 2.24) is 0 Å². The molecule has 1 aliphatic rings. The molecule has 18 heavy (non-hydrogen) atoms. The smallest absolute Gasteiger partial charge is 0.231 e. The summed E-state index contributed by atoms with van der Waals surface area (Å²) in [5, 5.41) is 9.57. The number of benzene rings is 2. The number of hydrogen-bond acceptors (Lipinski definition) is 4. The average molecular weight is 244 g/mol. The Balaban J connectivity index is 1.72. The van der Waals surface area contributed by atoms with Crippen LogP contribution in [0.3, 0.4) is 0 Å². The predicted octanol–water partition coefficient (Wildman–Crippen LogP) is 2.70. The Labute approximate surface area is 104 Å². The predicted molar refractivity (Wildman–Crippen MR) is 65.0 cm³/mol. The van der Waals surface area contributed by atoms with Crippen LogP contribution in [-0.4, -0.2) is 11.9 Å². The van der Waals surface area contributed by atoms with Gasteiger partial charge in [0, 0.05) is 0 Å². The lowest BCUT2D eigenvalue weighted by molar-refractivity contribution is 0.174. The van der Waals surface area contributed by atoms with Crippen LogP contribution in [0.5, 0.6) is 23.0 Å². The van der Waals surface area contributed by atoms with E-state index in [0.717, 1.165) is 17.1 Å². The van der Waals surface area contributed by atoms with Crippen LogP contribution in [0.2, 0.25) is 0 Å². The Bertz CT molecular complexity index is 565. The molecule has 0 saturated heterocycles. The molecule has 4 heteroatoms. The second-order valence-electron chi connectivity index (χ2n) is 3.94. The van der Waals surface area contributed by atoms with E-state index in [1.54, 1.807) is 18.2 Å². The van der Waals surface area contributed by atoms with E-state index in [1.807, 2.05) is 24.3 Å². The number of fused-ring (bicyclic) bond motifs is 1. The molecule has 0 unspecified atom stereocenters. The number of phenolic OH excluding ortho intramolecular Hbond substituents is 1. The monoisotopic (exact) mass is 244 g/mol. The molecule has 1 heterocycles. The van der Waals surface area contributed by atoms with Crippen molar-refractivity contribution in [2.45, 2.75) is 6.61 Å². The molecule has 0 aromatic heterocycles. The molecule has 0 bridgehead atoms. The van der Waals surface area contributed by atoms with E-state index in [4.69, 9.17) is 14.2 Å². The van der Waals surface area contributed by atoms with Gasteiger partial charge in [0.05, 0.1) is 0 Å². The maximum Gasteiger partial charge on any atom is 0.231 e. The third kappa shape index (κ3) is 2.05. The highest BCUT2D eigenvalue weighted by Gasteiger charge is 2.13. The number of phenols is 1. The maximum absolute atomic E-state index is 9.57. The highest BCUT2D eigenvalue weighted by molar-refractivity contribution is 5.44. The first-order chi connectivity index (χ1) is 8.83. The Morgan fingerprint density at radius 2 is 1.89 bits per heavy atom. The quantitative estimate of drug-likeness (QED) is 0.901. The van der Waals surface area contributed by atoms with Crippen molar-refractivity contribution in [1.29, 1.82) is 0 Å². The molecule has 1 aliphatic heterocycles. The summed E-state index contributed by atoms with van der Waals surface area (Å²) >= 11 is 0. The van der Waals surface area contributed by atoms with Gasteiger partial charge < -0.3 is 19.3 Å². The van der Waals surface area contributed by atoms with Crippen LogP contribution >= 0.6 is 0 Å². The lowest BCUT2D eigenvalue weighted by Gasteiger charge is -2.08.